The number of piperazine rings is 1. The van der Waals surface area contributed by atoms with Gasteiger partial charge in [-0.2, -0.15) is 5.26 Å². The van der Waals surface area contributed by atoms with Gasteiger partial charge in [-0.25, -0.2) is 14.8 Å². The van der Waals surface area contributed by atoms with Gasteiger partial charge in [-0.3, -0.25) is 4.79 Å². The third-order valence-electron chi connectivity index (χ3n) is 4.49. The minimum atomic E-state index is -0.540. The van der Waals surface area contributed by atoms with Crippen LogP contribution in [0.1, 0.15) is 13.3 Å². The summed E-state index contributed by atoms with van der Waals surface area (Å²) in [7, 11) is 0. The highest BCUT2D eigenvalue weighted by molar-refractivity contribution is 5.73. The predicted octanol–water partition coefficient (Wildman–Crippen LogP) is 1.26. The monoisotopic (exact) mass is 343 g/mol. The average Bonchev–Trinajstić information content (AvgIpc) is 3.11. The number of hydrogen-bond acceptors (Lipinski definition) is 6. The molecular weight excluding hydrogens is 322 g/mol. The quantitative estimate of drug-likeness (QED) is 0.752. The summed E-state index contributed by atoms with van der Waals surface area (Å²) >= 11 is 0. The van der Waals surface area contributed by atoms with Gasteiger partial charge in [-0.15, -0.1) is 0 Å². The van der Waals surface area contributed by atoms with Crippen molar-refractivity contribution in [3.8, 4) is 11.9 Å². The molecule has 1 aromatic rings. The molecule has 0 aromatic heterocycles. The number of amides is 2. The number of hydrogen-bond donors (Lipinski definition) is 0. The van der Waals surface area contributed by atoms with Crippen LogP contribution < -0.4 is 9.64 Å². The van der Waals surface area contributed by atoms with E-state index in [2.05, 4.69) is 4.90 Å². The van der Waals surface area contributed by atoms with Crippen molar-refractivity contribution in [1.29, 1.82) is 5.26 Å². The van der Waals surface area contributed by atoms with Crippen LogP contribution in [-0.4, -0.2) is 66.2 Å². The van der Waals surface area contributed by atoms with Crippen LogP contribution in [-0.2, 0) is 4.79 Å². The highest BCUT2D eigenvalue weighted by Crippen LogP contribution is 2.22. The molecule has 3 rings (SSSR count). The lowest BCUT2D eigenvalue weighted by Gasteiger charge is -2.35. The van der Waals surface area contributed by atoms with Gasteiger partial charge in [-0.1, -0.05) is 0 Å². The van der Waals surface area contributed by atoms with Gasteiger partial charge in [0.1, 0.15) is 5.75 Å². The molecule has 2 fully saturated rings. The van der Waals surface area contributed by atoms with Crippen LogP contribution in [0, 0.1) is 11.5 Å². The van der Waals surface area contributed by atoms with E-state index in [9.17, 15) is 9.59 Å². The molecular formula is C17H21N5O3. The van der Waals surface area contributed by atoms with Crippen LogP contribution >= 0.6 is 0 Å². The van der Waals surface area contributed by atoms with E-state index in [1.807, 2.05) is 23.2 Å². The van der Waals surface area contributed by atoms with Crippen molar-refractivity contribution < 1.29 is 14.3 Å². The SMILES string of the molecule is CC(=O)N1CCN(c2ccc(OC(=O)N3CCCN3C#N)cc2)CC1. The Morgan fingerprint density at radius 2 is 1.72 bits per heavy atom. The lowest BCUT2D eigenvalue weighted by atomic mass is 10.2. The number of nitriles is 1. The number of hydrazine groups is 1. The Morgan fingerprint density at radius 1 is 1.04 bits per heavy atom. The highest BCUT2D eigenvalue weighted by atomic mass is 16.6. The van der Waals surface area contributed by atoms with Crippen molar-refractivity contribution in [3.63, 3.8) is 0 Å². The normalized spacial score (nSPS) is 17.4. The van der Waals surface area contributed by atoms with Gasteiger partial charge in [-0.05, 0) is 30.7 Å². The van der Waals surface area contributed by atoms with Crippen LogP contribution in [0.5, 0.6) is 5.75 Å². The van der Waals surface area contributed by atoms with Crippen LogP contribution in [0.2, 0.25) is 0 Å². The van der Waals surface area contributed by atoms with Crippen molar-refractivity contribution in [3.05, 3.63) is 24.3 Å². The second-order valence-electron chi connectivity index (χ2n) is 6.05. The highest BCUT2D eigenvalue weighted by Gasteiger charge is 2.27. The number of benzene rings is 1. The van der Waals surface area contributed by atoms with E-state index in [1.54, 1.807) is 19.1 Å². The molecule has 0 N–H and O–H groups in total. The van der Waals surface area contributed by atoms with E-state index in [4.69, 9.17) is 10.00 Å². The summed E-state index contributed by atoms with van der Waals surface area (Å²) < 4.78 is 5.34. The maximum atomic E-state index is 12.1. The summed E-state index contributed by atoms with van der Waals surface area (Å²) in [5.41, 5.74) is 1.03. The van der Waals surface area contributed by atoms with Crippen molar-refractivity contribution >= 4 is 17.7 Å². The van der Waals surface area contributed by atoms with E-state index >= 15 is 0 Å². The van der Waals surface area contributed by atoms with Crippen LogP contribution in [0.3, 0.4) is 0 Å². The third-order valence-corrected chi connectivity index (χ3v) is 4.49. The first-order valence-corrected chi connectivity index (χ1v) is 8.35. The zero-order valence-electron chi connectivity index (χ0n) is 14.2. The second kappa shape index (κ2) is 7.30. The summed E-state index contributed by atoms with van der Waals surface area (Å²) in [6.45, 7) is 5.61. The van der Waals surface area contributed by atoms with E-state index in [0.717, 1.165) is 25.2 Å². The molecule has 0 saturated carbocycles. The Morgan fingerprint density at radius 3 is 2.32 bits per heavy atom. The van der Waals surface area contributed by atoms with E-state index in [0.29, 0.717) is 31.9 Å². The summed E-state index contributed by atoms with van der Waals surface area (Å²) in [6, 6.07) is 7.30. The Bertz CT molecular complexity index is 677. The standard InChI is InChI=1S/C17H21N5O3/c1-14(23)19-9-11-20(12-10-19)15-3-5-16(6-4-15)25-17(24)22-8-2-7-21(22)13-18/h3-6H,2,7-12H2,1H3. The minimum absolute atomic E-state index is 0.107. The third kappa shape index (κ3) is 3.76. The zero-order chi connectivity index (χ0) is 17.8. The van der Waals surface area contributed by atoms with E-state index in [1.165, 1.54) is 10.0 Å². The zero-order valence-corrected chi connectivity index (χ0v) is 14.2. The summed E-state index contributed by atoms with van der Waals surface area (Å²) in [5.74, 6) is 0.552. The van der Waals surface area contributed by atoms with Crippen LogP contribution in [0.4, 0.5) is 10.5 Å². The number of rotatable bonds is 2. The van der Waals surface area contributed by atoms with Crippen LogP contribution in [0.25, 0.3) is 0 Å². The van der Waals surface area contributed by atoms with Gasteiger partial charge in [0.05, 0.1) is 6.54 Å². The largest absolute Gasteiger partial charge is 0.434 e. The summed E-state index contributed by atoms with van der Waals surface area (Å²) in [5, 5.41) is 11.6. The molecule has 2 saturated heterocycles. The lowest BCUT2D eigenvalue weighted by Crippen LogP contribution is -2.48. The smallest absolute Gasteiger partial charge is 0.409 e. The molecule has 132 valence electrons. The van der Waals surface area contributed by atoms with Crippen molar-refractivity contribution in [2.24, 2.45) is 0 Å². The Labute approximate surface area is 146 Å². The van der Waals surface area contributed by atoms with Gasteiger partial charge in [0, 0.05) is 45.3 Å². The molecule has 25 heavy (non-hydrogen) atoms. The lowest BCUT2D eigenvalue weighted by molar-refractivity contribution is -0.129. The Balaban J connectivity index is 1.57. The predicted molar refractivity (Wildman–Crippen MR) is 90.6 cm³/mol. The molecule has 0 bridgehead atoms. The molecule has 0 spiro atoms. The Kier molecular flexibility index (Phi) is 4.93. The molecule has 8 heteroatoms. The number of nitrogens with zero attached hydrogens (tertiary/aromatic N) is 5. The maximum absolute atomic E-state index is 12.1. The molecule has 0 radical (unpaired) electrons. The summed E-state index contributed by atoms with van der Waals surface area (Å²) in [6.07, 6.45) is 2.19. The minimum Gasteiger partial charge on any atom is -0.409 e. The molecule has 8 nitrogen and oxygen atoms in total. The number of ether oxygens (including phenoxy) is 1. The van der Waals surface area contributed by atoms with Crippen LogP contribution in [0.15, 0.2) is 24.3 Å². The molecule has 2 aliphatic heterocycles. The van der Waals surface area contributed by atoms with Crippen molar-refractivity contribution in [2.75, 3.05) is 44.2 Å². The fourth-order valence-corrected chi connectivity index (χ4v) is 3.06. The number of carbonyl (C=O) groups excluding carboxylic acids is 2. The Hall–Kier alpha value is -2.95. The van der Waals surface area contributed by atoms with Gasteiger partial charge < -0.3 is 14.5 Å². The molecule has 0 unspecified atom stereocenters. The molecule has 2 aliphatic rings. The molecule has 0 atom stereocenters. The molecule has 2 amide bonds. The second-order valence-corrected chi connectivity index (χ2v) is 6.05. The number of anilines is 1. The van der Waals surface area contributed by atoms with Crippen molar-refractivity contribution in [1.82, 2.24) is 14.9 Å². The molecule has 1 aromatic carbocycles. The molecule has 2 heterocycles. The maximum Gasteiger partial charge on any atom is 0.434 e. The first-order valence-electron chi connectivity index (χ1n) is 8.35. The first kappa shape index (κ1) is 16.9. The fourth-order valence-electron chi connectivity index (χ4n) is 3.06. The van der Waals surface area contributed by atoms with Gasteiger partial charge in [0.2, 0.25) is 5.91 Å². The first-order chi connectivity index (χ1) is 12.1. The van der Waals surface area contributed by atoms with Gasteiger partial charge in [0.15, 0.2) is 6.19 Å². The fraction of sp³-hybridized carbons (Fsp3) is 0.471. The topological polar surface area (TPSA) is 80.1 Å². The average molecular weight is 343 g/mol. The van der Waals surface area contributed by atoms with E-state index in [-0.39, 0.29) is 5.91 Å². The van der Waals surface area contributed by atoms with Gasteiger partial charge in [0.25, 0.3) is 0 Å². The van der Waals surface area contributed by atoms with Gasteiger partial charge >= 0.3 is 6.09 Å². The molecule has 0 aliphatic carbocycles. The summed E-state index contributed by atoms with van der Waals surface area (Å²) in [4.78, 5) is 27.5. The van der Waals surface area contributed by atoms with E-state index < -0.39 is 6.09 Å². The number of carbonyl (C=O) groups is 2. The van der Waals surface area contributed by atoms with Crippen molar-refractivity contribution in [2.45, 2.75) is 13.3 Å².